The van der Waals surface area contributed by atoms with Crippen LogP contribution in [0.4, 0.5) is 0 Å². The van der Waals surface area contributed by atoms with Gasteiger partial charge in [-0.1, -0.05) is 18.2 Å². The highest BCUT2D eigenvalue weighted by Gasteiger charge is 2.43. The molecule has 1 spiro atoms. The summed E-state index contributed by atoms with van der Waals surface area (Å²) in [4.78, 5) is 18.9. The summed E-state index contributed by atoms with van der Waals surface area (Å²) >= 11 is 0. The van der Waals surface area contributed by atoms with Crippen molar-refractivity contribution in [3.63, 3.8) is 0 Å². The van der Waals surface area contributed by atoms with Crippen molar-refractivity contribution < 1.29 is 19.0 Å². The van der Waals surface area contributed by atoms with Crippen LogP contribution >= 0.6 is 12.4 Å². The molecule has 2 aliphatic heterocycles. The van der Waals surface area contributed by atoms with Crippen LogP contribution in [0.15, 0.2) is 42.5 Å². The molecule has 0 bridgehead atoms. The molecule has 0 radical (unpaired) electrons. The fourth-order valence-electron chi connectivity index (χ4n) is 5.00. The van der Waals surface area contributed by atoms with E-state index in [0.717, 1.165) is 24.8 Å². The lowest BCUT2D eigenvalue weighted by atomic mass is 9.83. The molecule has 0 atom stereocenters. The van der Waals surface area contributed by atoms with Gasteiger partial charge in [-0.2, -0.15) is 0 Å². The number of H-pyrrole nitrogens is 1. The van der Waals surface area contributed by atoms with Gasteiger partial charge in [0.15, 0.2) is 0 Å². The highest BCUT2D eigenvalue weighted by atomic mass is 35.5. The SMILES string of the molecule is COc1ccc(C(=O)N2CCC3(CC2)OCCc2c3[nH]c3ccccc23)c(OCCN)c1.Cl. The molecule has 2 aromatic carbocycles. The van der Waals surface area contributed by atoms with E-state index in [1.54, 1.807) is 25.3 Å². The number of likely N-dealkylation sites (tertiary alicyclic amines) is 1. The van der Waals surface area contributed by atoms with E-state index in [0.29, 0.717) is 49.9 Å². The molecule has 2 aliphatic rings. The van der Waals surface area contributed by atoms with E-state index in [9.17, 15) is 4.79 Å². The second-order valence-electron chi connectivity index (χ2n) is 8.41. The van der Waals surface area contributed by atoms with Gasteiger partial charge in [-0.25, -0.2) is 0 Å². The number of hydrogen-bond donors (Lipinski definition) is 2. The molecule has 7 nitrogen and oxygen atoms in total. The van der Waals surface area contributed by atoms with Crippen LogP contribution in [0.25, 0.3) is 10.9 Å². The van der Waals surface area contributed by atoms with Crippen molar-refractivity contribution in [2.75, 3.05) is 40.0 Å². The predicted molar refractivity (Wildman–Crippen MR) is 130 cm³/mol. The Balaban J connectivity index is 0.00000259. The summed E-state index contributed by atoms with van der Waals surface area (Å²) < 4.78 is 17.4. The van der Waals surface area contributed by atoms with Gasteiger partial charge >= 0.3 is 0 Å². The number of aromatic nitrogens is 1. The van der Waals surface area contributed by atoms with Gasteiger partial charge in [0.1, 0.15) is 23.7 Å². The third-order valence-electron chi connectivity index (χ3n) is 6.65. The lowest BCUT2D eigenvalue weighted by molar-refractivity contribution is -0.0957. The number of carbonyl (C=O) groups excluding carboxylic acids is 1. The standard InChI is InChI=1S/C25H29N3O4.ClH/c1-30-17-6-7-20(22(16-17)31-15-11-26)24(29)28-12-9-25(10-13-28)23-19(8-14-32-25)18-4-2-3-5-21(18)27-23;/h2-7,16,27H,8-15,26H2,1H3;1H. The van der Waals surface area contributed by atoms with Crippen molar-refractivity contribution in [3.05, 3.63) is 59.3 Å². The van der Waals surface area contributed by atoms with Crippen LogP contribution in [-0.2, 0) is 16.8 Å². The second-order valence-corrected chi connectivity index (χ2v) is 8.41. The number of nitrogens with zero attached hydrogens (tertiary/aromatic N) is 1. The number of aromatic amines is 1. The Morgan fingerprint density at radius 1 is 1.21 bits per heavy atom. The van der Waals surface area contributed by atoms with Crippen LogP contribution in [0.5, 0.6) is 11.5 Å². The van der Waals surface area contributed by atoms with E-state index >= 15 is 0 Å². The summed E-state index contributed by atoms with van der Waals surface area (Å²) in [6, 6.07) is 13.7. The van der Waals surface area contributed by atoms with Crippen molar-refractivity contribution in [2.24, 2.45) is 5.73 Å². The molecule has 1 fully saturated rings. The number of para-hydroxylation sites is 1. The smallest absolute Gasteiger partial charge is 0.257 e. The van der Waals surface area contributed by atoms with Crippen molar-refractivity contribution in [2.45, 2.75) is 24.9 Å². The molecule has 3 N–H and O–H groups in total. The lowest BCUT2D eigenvalue weighted by Gasteiger charge is -2.43. The van der Waals surface area contributed by atoms with E-state index in [2.05, 4.69) is 29.2 Å². The average molecular weight is 472 g/mol. The van der Waals surface area contributed by atoms with Crippen LogP contribution < -0.4 is 15.2 Å². The lowest BCUT2D eigenvalue weighted by Crippen LogP contribution is -2.48. The molecule has 1 saturated heterocycles. The van der Waals surface area contributed by atoms with Crippen LogP contribution in [0, 0.1) is 0 Å². The van der Waals surface area contributed by atoms with E-state index in [1.165, 1.54) is 16.6 Å². The minimum Gasteiger partial charge on any atom is -0.497 e. The van der Waals surface area contributed by atoms with Crippen molar-refractivity contribution >= 4 is 29.2 Å². The first-order valence-electron chi connectivity index (χ1n) is 11.2. The third kappa shape index (κ3) is 4.16. The number of halogens is 1. The fraction of sp³-hybridized carbons (Fsp3) is 0.400. The number of methoxy groups -OCH3 is 1. The monoisotopic (exact) mass is 471 g/mol. The molecule has 5 rings (SSSR count). The number of nitrogens with two attached hydrogens (primary N) is 1. The van der Waals surface area contributed by atoms with E-state index in [4.69, 9.17) is 19.9 Å². The number of fused-ring (bicyclic) bond motifs is 4. The molecular formula is C25H30ClN3O4. The van der Waals surface area contributed by atoms with Crippen molar-refractivity contribution in [1.82, 2.24) is 9.88 Å². The first kappa shape index (κ1) is 23.4. The summed E-state index contributed by atoms with van der Waals surface area (Å²) in [5.74, 6) is 1.11. The maximum atomic E-state index is 13.4. The number of rotatable bonds is 5. The Kier molecular flexibility index (Phi) is 6.83. The van der Waals surface area contributed by atoms with Gasteiger partial charge in [0.2, 0.25) is 0 Å². The Bertz CT molecular complexity index is 1140. The zero-order valence-corrected chi connectivity index (χ0v) is 19.6. The van der Waals surface area contributed by atoms with Crippen LogP contribution in [-0.4, -0.2) is 55.7 Å². The van der Waals surface area contributed by atoms with Gasteiger partial charge in [-0.3, -0.25) is 4.79 Å². The van der Waals surface area contributed by atoms with E-state index in [1.807, 2.05) is 4.90 Å². The average Bonchev–Trinajstić information content (AvgIpc) is 3.23. The molecular weight excluding hydrogens is 442 g/mol. The first-order valence-corrected chi connectivity index (χ1v) is 11.2. The fourth-order valence-corrected chi connectivity index (χ4v) is 5.00. The quantitative estimate of drug-likeness (QED) is 0.593. The highest BCUT2D eigenvalue weighted by molar-refractivity contribution is 5.97. The maximum absolute atomic E-state index is 13.4. The van der Waals surface area contributed by atoms with Gasteiger partial charge in [-0.05, 0) is 43.0 Å². The van der Waals surface area contributed by atoms with Crippen LogP contribution in [0.1, 0.15) is 34.5 Å². The Hall–Kier alpha value is -2.74. The molecule has 0 saturated carbocycles. The minimum atomic E-state index is -0.359. The first-order chi connectivity index (χ1) is 15.6. The molecule has 0 unspecified atom stereocenters. The van der Waals surface area contributed by atoms with Gasteiger partial charge in [0, 0.05) is 36.6 Å². The number of carbonyl (C=O) groups is 1. The summed E-state index contributed by atoms with van der Waals surface area (Å²) in [6.07, 6.45) is 2.43. The molecule has 176 valence electrons. The van der Waals surface area contributed by atoms with E-state index < -0.39 is 0 Å². The number of amides is 1. The second kappa shape index (κ2) is 9.63. The third-order valence-corrected chi connectivity index (χ3v) is 6.65. The van der Waals surface area contributed by atoms with Crippen molar-refractivity contribution in [1.29, 1.82) is 0 Å². The predicted octanol–water partition coefficient (Wildman–Crippen LogP) is 3.64. The maximum Gasteiger partial charge on any atom is 0.257 e. The minimum absolute atomic E-state index is 0. The summed E-state index contributed by atoms with van der Waals surface area (Å²) in [5, 5.41) is 1.28. The summed E-state index contributed by atoms with van der Waals surface area (Å²) in [7, 11) is 1.59. The van der Waals surface area contributed by atoms with Gasteiger partial charge in [0.25, 0.3) is 5.91 Å². The Labute approximate surface area is 199 Å². The summed E-state index contributed by atoms with van der Waals surface area (Å²) in [5.41, 5.74) is 9.47. The Morgan fingerprint density at radius 3 is 2.76 bits per heavy atom. The number of hydrogen-bond acceptors (Lipinski definition) is 5. The number of nitrogens with one attached hydrogen (secondary N) is 1. The number of benzene rings is 2. The highest BCUT2D eigenvalue weighted by Crippen LogP contribution is 2.43. The molecule has 3 heterocycles. The molecule has 3 aromatic rings. The number of ether oxygens (including phenoxy) is 3. The van der Waals surface area contributed by atoms with Crippen LogP contribution in [0.2, 0.25) is 0 Å². The number of piperidine rings is 1. The Morgan fingerprint density at radius 2 is 2.00 bits per heavy atom. The molecule has 1 aromatic heterocycles. The normalized spacial score (nSPS) is 16.8. The topological polar surface area (TPSA) is 89.8 Å². The largest absolute Gasteiger partial charge is 0.497 e. The van der Waals surface area contributed by atoms with Gasteiger partial charge in [-0.15, -0.1) is 12.4 Å². The van der Waals surface area contributed by atoms with Crippen LogP contribution in [0.3, 0.4) is 0 Å². The molecule has 0 aliphatic carbocycles. The summed E-state index contributed by atoms with van der Waals surface area (Å²) in [6.45, 7) is 2.67. The zero-order valence-electron chi connectivity index (χ0n) is 18.8. The molecule has 33 heavy (non-hydrogen) atoms. The van der Waals surface area contributed by atoms with Crippen molar-refractivity contribution in [3.8, 4) is 11.5 Å². The molecule has 1 amide bonds. The van der Waals surface area contributed by atoms with Gasteiger partial charge in [0.05, 0.1) is 25.0 Å². The van der Waals surface area contributed by atoms with Gasteiger partial charge < -0.3 is 29.8 Å². The zero-order chi connectivity index (χ0) is 22.1. The van der Waals surface area contributed by atoms with E-state index in [-0.39, 0.29) is 23.9 Å². The molecule has 8 heteroatoms.